The van der Waals surface area contributed by atoms with Crippen LogP contribution < -0.4 is 10.1 Å². The molecule has 23 heavy (non-hydrogen) atoms. The number of carbonyl (C=O) groups excluding carboxylic acids is 1. The summed E-state index contributed by atoms with van der Waals surface area (Å²) in [4.78, 5) is 11.8. The lowest BCUT2D eigenvalue weighted by Gasteiger charge is -2.03. The third-order valence-electron chi connectivity index (χ3n) is 3.74. The highest BCUT2D eigenvalue weighted by Gasteiger charge is 2.11. The van der Waals surface area contributed by atoms with Gasteiger partial charge in [-0.25, -0.2) is 4.39 Å². The van der Waals surface area contributed by atoms with E-state index in [1.807, 2.05) is 24.3 Å². The molecule has 0 spiro atoms. The van der Waals surface area contributed by atoms with E-state index in [9.17, 15) is 9.18 Å². The molecule has 1 amide bonds. The molecule has 0 saturated carbocycles. The van der Waals surface area contributed by atoms with Crippen LogP contribution in [-0.4, -0.2) is 19.1 Å². The zero-order chi connectivity index (χ0) is 16.1. The van der Waals surface area contributed by atoms with Crippen molar-refractivity contribution >= 4 is 12.0 Å². The first kappa shape index (κ1) is 15.3. The van der Waals surface area contributed by atoms with E-state index in [4.69, 9.17) is 4.74 Å². The molecule has 0 unspecified atom stereocenters. The molecule has 1 aliphatic rings. The van der Waals surface area contributed by atoms with Crippen LogP contribution in [0.5, 0.6) is 5.75 Å². The number of ether oxygens (including phenoxy) is 1. The SMILES string of the molecule is O=C(/C=C/c1ccc2c(c1)CCO2)NCCc1cccc(F)c1. The Kier molecular flexibility index (Phi) is 4.71. The maximum atomic E-state index is 13.0. The Bertz CT molecular complexity index is 740. The lowest BCUT2D eigenvalue weighted by Crippen LogP contribution is -2.23. The zero-order valence-corrected chi connectivity index (χ0v) is 12.7. The van der Waals surface area contributed by atoms with Crippen molar-refractivity contribution in [2.75, 3.05) is 13.2 Å². The van der Waals surface area contributed by atoms with Crippen molar-refractivity contribution in [2.45, 2.75) is 12.8 Å². The van der Waals surface area contributed by atoms with Crippen molar-refractivity contribution in [2.24, 2.45) is 0 Å². The second-order valence-electron chi connectivity index (χ2n) is 5.47. The van der Waals surface area contributed by atoms with E-state index in [1.54, 1.807) is 12.1 Å². The number of rotatable bonds is 5. The van der Waals surface area contributed by atoms with Crippen LogP contribution in [-0.2, 0) is 17.6 Å². The summed E-state index contributed by atoms with van der Waals surface area (Å²) in [5.74, 6) is 0.522. The standard InChI is InChI=1S/C19H18FNO2/c20-17-3-1-2-14(13-17)8-10-21-19(22)7-5-15-4-6-18-16(12-15)9-11-23-18/h1-7,12-13H,8-11H2,(H,21,22)/b7-5+. The normalized spacial score (nSPS) is 12.9. The Labute approximate surface area is 134 Å². The van der Waals surface area contributed by atoms with Gasteiger partial charge in [0.2, 0.25) is 5.91 Å². The Hall–Kier alpha value is -2.62. The maximum absolute atomic E-state index is 13.0. The molecule has 0 atom stereocenters. The molecule has 1 aliphatic heterocycles. The highest BCUT2D eigenvalue weighted by molar-refractivity contribution is 5.91. The van der Waals surface area contributed by atoms with Crippen LogP contribution in [0.25, 0.3) is 6.08 Å². The first-order valence-electron chi connectivity index (χ1n) is 7.67. The second kappa shape index (κ2) is 7.09. The first-order valence-corrected chi connectivity index (χ1v) is 7.67. The number of amides is 1. The van der Waals surface area contributed by atoms with Crippen molar-refractivity contribution in [3.8, 4) is 5.75 Å². The topological polar surface area (TPSA) is 38.3 Å². The Morgan fingerprint density at radius 1 is 1.26 bits per heavy atom. The predicted octanol–water partition coefficient (Wildman–Crippen LogP) is 3.13. The molecule has 3 nitrogen and oxygen atoms in total. The summed E-state index contributed by atoms with van der Waals surface area (Å²) < 4.78 is 18.5. The minimum absolute atomic E-state index is 0.154. The van der Waals surface area contributed by atoms with Gasteiger partial charge in [-0.15, -0.1) is 0 Å². The fourth-order valence-electron chi connectivity index (χ4n) is 2.56. The van der Waals surface area contributed by atoms with E-state index in [2.05, 4.69) is 5.32 Å². The molecule has 0 bridgehead atoms. The van der Waals surface area contributed by atoms with Gasteiger partial charge >= 0.3 is 0 Å². The molecule has 1 heterocycles. The minimum Gasteiger partial charge on any atom is -0.493 e. The van der Waals surface area contributed by atoms with Gasteiger partial charge in [0.25, 0.3) is 0 Å². The molecule has 3 rings (SSSR count). The van der Waals surface area contributed by atoms with Crippen molar-refractivity contribution in [1.29, 1.82) is 0 Å². The number of halogens is 1. The van der Waals surface area contributed by atoms with Gasteiger partial charge in [0, 0.05) is 19.0 Å². The summed E-state index contributed by atoms with van der Waals surface area (Å²) in [5.41, 5.74) is 3.03. The first-order chi connectivity index (χ1) is 11.2. The average Bonchev–Trinajstić information content (AvgIpc) is 3.00. The van der Waals surface area contributed by atoms with Gasteiger partial charge in [-0.05, 0) is 53.5 Å². The molecular formula is C19H18FNO2. The van der Waals surface area contributed by atoms with Crippen molar-refractivity contribution < 1.29 is 13.9 Å². The summed E-state index contributed by atoms with van der Waals surface area (Å²) in [6.45, 7) is 1.20. The van der Waals surface area contributed by atoms with Crippen LogP contribution >= 0.6 is 0 Å². The molecule has 0 aliphatic carbocycles. The Balaban J connectivity index is 1.49. The maximum Gasteiger partial charge on any atom is 0.244 e. The van der Waals surface area contributed by atoms with Crippen molar-refractivity contribution in [3.05, 3.63) is 71.0 Å². The van der Waals surface area contributed by atoms with Gasteiger partial charge in [-0.1, -0.05) is 18.2 Å². The largest absolute Gasteiger partial charge is 0.493 e. The summed E-state index contributed by atoms with van der Waals surface area (Å²) in [5, 5.41) is 2.80. The van der Waals surface area contributed by atoms with E-state index in [1.165, 1.54) is 23.8 Å². The molecule has 4 heteroatoms. The molecule has 2 aromatic carbocycles. The number of benzene rings is 2. The smallest absolute Gasteiger partial charge is 0.244 e. The molecule has 118 valence electrons. The minimum atomic E-state index is -0.255. The van der Waals surface area contributed by atoms with E-state index >= 15 is 0 Å². The van der Waals surface area contributed by atoms with Gasteiger partial charge in [0.05, 0.1) is 6.61 Å². The Morgan fingerprint density at radius 2 is 2.17 bits per heavy atom. The van der Waals surface area contributed by atoms with E-state index < -0.39 is 0 Å². The molecule has 2 aromatic rings. The van der Waals surface area contributed by atoms with Crippen molar-refractivity contribution in [1.82, 2.24) is 5.32 Å². The fraction of sp³-hybridized carbons (Fsp3) is 0.211. The third-order valence-corrected chi connectivity index (χ3v) is 3.74. The van der Waals surface area contributed by atoms with Crippen LogP contribution in [0.1, 0.15) is 16.7 Å². The van der Waals surface area contributed by atoms with E-state index in [0.29, 0.717) is 13.0 Å². The predicted molar refractivity (Wildman–Crippen MR) is 87.8 cm³/mol. The quantitative estimate of drug-likeness (QED) is 0.862. The summed E-state index contributed by atoms with van der Waals surface area (Å²) in [7, 11) is 0. The van der Waals surface area contributed by atoms with Crippen LogP contribution in [0.3, 0.4) is 0 Å². The van der Waals surface area contributed by atoms with E-state index in [0.717, 1.165) is 29.9 Å². The molecule has 0 aromatic heterocycles. The van der Waals surface area contributed by atoms with Crippen LogP contribution in [0.15, 0.2) is 48.5 Å². The molecule has 0 saturated heterocycles. The monoisotopic (exact) mass is 311 g/mol. The zero-order valence-electron chi connectivity index (χ0n) is 12.7. The average molecular weight is 311 g/mol. The number of hydrogen-bond acceptors (Lipinski definition) is 2. The van der Waals surface area contributed by atoms with E-state index in [-0.39, 0.29) is 11.7 Å². The molecule has 0 fully saturated rings. The second-order valence-corrected chi connectivity index (χ2v) is 5.47. The number of hydrogen-bond donors (Lipinski definition) is 1. The highest BCUT2D eigenvalue weighted by Crippen LogP contribution is 2.26. The summed E-state index contributed by atoms with van der Waals surface area (Å²) in [6, 6.07) is 12.3. The van der Waals surface area contributed by atoms with Gasteiger partial charge in [-0.3, -0.25) is 4.79 Å². The van der Waals surface area contributed by atoms with Gasteiger partial charge < -0.3 is 10.1 Å². The van der Waals surface area contributed by atoms with Crippen molar-refractivity contribution in [3.63, 3.8) is 0 Å². The Morgan fingerprint density at radius 3 is 3.04 bits per heavy atom. The molecular weight excluding hydrogens is 293 g/mol. The van der Waals surface area contributed by atoms with Crippen LogP contribution in [0.2, 0.25) is 0 Å². The molecule has 0 radical (unpaired) electrons. The number of nitrogens with one attached hydrogen (secondary N) is 1. The van der Waals surface area contributed by atoms with Gasteiger partial charge in [0.1, 0.15) is 11.6 Å². The molecule has 1 N–H and O–H groups in total. The number of carbonyl (C=O) groups is 1. The summed E-state index contributed by atoms with van der Waals surface area (Å²) in [6.07, 6.45) is 4.82. The van der Waals surface area contributed by atoms with Crippen LogP contribution in [0.4, 0.5) is 4.39 Å². The lowest BCUT2D eigenvalue weighted by molar-refractivity contribution is -0.116. The number of fused-ring (bicyclic) bond motifs is 1. The fourth-order valence-corrected chi connectivity index (χ4v) is 2.56. The summed E-state index contributed by atoms with van der Waals surface area (Å²) >= 11 is 0. The third kappa shape index (κ3) is 4.19. The van der Waals surface area contributed by atoms with Gasteiger partial charge in [-0.2, -0.15) is 0 Å². The lowest BCUT2D eigenvalue weighted by atomic mass is 10.1. The highest BCUT2D eigenvalue weighted by atomic mass is 19.1. The van der Waals surface area contributed by atoms with Gasteiger partial charge in [0.15, 0.2) is 0 Å². The van der Waals surface area contributed by atoms with Crippen LogP contribution in [0, 0.1) is 5.82 Å².